The van der Waals surface area contributed by atoms with Crippen LogP contribution in [-0.2, 0) is 4.79 Å². The fraction of sp³-hybridized carbons (Fsp3) is 0.0417. The summed E-state index contributed by atoms with van der Waals surface area (Å²) in [6.07, 6.45) is 4.39. The predicted octanol–water partition coefficient (Wildman–Crippen LogP) is 5.11. The number of nitrogens with one attached hydrogen (secondary N) is 3. The number of para-hydroxylation sites is 1. The van der Waals surface area contributed by atoms with Gasteiger partial charge in [-0.15, -0.1) is 0 Å². The number of anilines is 2. The Balaban J connectivity index is 1.35. The van der Waals surface area contributed by atoms with Gasteiger partial charge in [0.25, 0.3) is 5.91 Å². The van der Waals surface area contributed by atoms with E-state index in [-0.39, 0.29) is 22.7 Å². The lowest BCUT2D eigenvalue weighted by molar-refractivity contribution is -0.115. The van der Waals surface area contributed by atoms with Crippen LogP contribution in [0.15, 0.2) is 81.8 Å². The molecule has 0 unspecified atom stereocenters. The molecule has 0 aliphatic carbocycles. The normalized spacial score (nSPS) is 10.9. The summed E-state index contributed by atoms with van der Waals surface area (Å²) in [6.45, 7) is 1.85. The molecular formula is C24H19N3O4S. The third kappa shape index (κ3) is 5.11. The van der Waals surface area contributed by atoms with Crippen molar-refractivity contribution >= 4 is 57.6 Å². The largest absolute Gasteiger partial charge is 0.465 e. The molecule has 0 aliphatic rings. The molecule has 4 aromatic rings. The molecule has 2 amide bonds. The van der Waals surface area contributed by atoms with Crippen LogP contribution in [0.4, 0.5) is 11.4 Å². The molecule has 3 N–H and O–H groups in total. The number of carbonyl (C=O) groups is 2. The number of carbonyl (C=O) groups excluding carboxylic acids is 2. The summed E-state index contributed by atoms with van der Waals surface area (Å²) in [5.74, 6) is 0.0794. The number of thiocarbonyl (C=S) groups is 1. The quantitative estimate of drug-likeness (QED) is 0.292. The maximum absolute atomic E-state index is 12.6. The van der Waals surface area contributed by atoms with Crippen LogP contribution in [-0.4, -0.2) is 16.9 Å². The first-order chi connectivity index (χ1) is 15.5. The van der Waals surface area contributed by atoms with Crippen LogP contribution in [0.25, 0.3) is 17.0 Å². The molecule has 4 rings (SSSR count). The van der Waals surface area contributed by atoms with E-state index in [0.717, 1.165) is 10.9 Å². The van der Waals surface area contributed by atoms with Crippen molar-refractivity contribution < 1.29 is 18.4 Å². The zero-order valence-corrected chi connectivity index (χ0v) is 17.9. The predicted molar refractivity (Wildman–Crippen MR) is 127 cm³/mol. The highest BCUT2D eigenvalue weighted by molar-refractivity contribution is 7.80. The summed E-state index contributed by atoms with van der Waals surface area (Å²) in [6, 6.07) is 17.9. The highest BCUT2D eigenvalue weighted by atomic mass is 32.1. The third-order valence-corrected chi connectivity index (χ3v) is 4.76. The van der Waals surface area contributed by atoms with Crippen molar-refractivity contribution in [3.8, 4) is 0 Å². The van der Waals surface area contributed by atoms with Crippen molar-refractivity contribution in [1.29, 1.82) is 0 Å². The molecular weight excluding hydrogens is 426 g/mol. The monoisotopic (exact) mass is 445 g/mol. The van der Waals surface area contributed by atoms with Gasteiger partial charge in [0.15, 0.2) is 10.9 Å². The lowest BCUT2D eigenvalue weighted by Crippen LogP contribution is -2.32. The molecule has 0 atom stereocenters. The van der Waals surface area contributed by atoms with Crippen LogP contribution in [0.2, 0.25) is 0 Å². The van der Waals surface area contributed by atoms with E-state index < -0.39 is 0 Å². The van der Waals surface area contributed by atoms with E-state index in [9.17, 15) is 9.59 Å². The minimum Gasteiger partial charge on any atom is -0.465 e. The second-order valence-electron chi connectivity index (χ2n) is 6.92. The van der Waals surface area contributed by atoms with E-state index >= 15 is 0 Å². The Morgan fingerprint density at radius 1 is 1.00 bits per heavy atom. The van der Waals surface area contributed by atoms with Gasteiger partial charge < -0.3 is 19.5 Å². The number of benzene rings is 2. The number of rotatable bonds is 5. The summed E-state index contributed by atoms with van der Waals surface area (Å²) >= 11 is 5.19. The van der Waals surface area contributed by atoms with Gasteiger partial charge in [0.2, 0.25) is 5.91 Å². The van der Waals surface area contributed by atoms with Gasteiger partial charge in [-0.1, -0.05) is 18.2 Å². The van der Waals surface area contributed by atoms with Gasteiger partial charge in [-0.05, 0) is 73.2 Å². The summed E-state index contributed by atoms with van der Waals surface area (Å²) in [5.41, 5.74) is 2.77. The van der Waals surface area contributed by atoms with E-state index in [1.165, 1.54) is 12.3 Å². The number of furan rings is 2. The second kappa shape index (κ2) is 9.32. The fourth-order valence-electron chi connectivity index (χ4n) is 3.02. The van der Waals surface area contributed by atoms with Crippen molar-refractivity contribution in [3.63, 3.8) is 0 Å². The highest BCUT2D eigenvalue weighted by Gasteiger charge is 2.13. The minimum absolute atomic E-state index is 0.151. The zero-order valence-electron chi connectivity index (χ0n) is 17.0. The molecule has 32 heavy (non-hydrogen) atoms. The van der Waals surface area contributed by atoms with E-state index in [2.05, 4.69) is 16.0 Å². The summed E-state index contributed by atoms with van der Waals surface area (Å²) in [4.78, 5) is 24.5. The van der Waals surface area contributed by atoms with E-state index in [1.54, 1.807) is 36.4 Å². The van der Waals surface area contributed by atoms with Gasteiger partial charge in [0.05, 0.1) is 6.26 Å². The average molecular weight is 446 g/mol. The smallest absolute Gasteiger partial charge is 0.291 e. The van der Waals surface area contributed by atoms with E-state index in [4.69, 9.17) is 21.1 Å². The molecule has 0 aliphatic heterocycles. The summed E-state index contributed by atoms with van der Waals surface area (Å²) in [5, 5.41) is 9.37. The molecule has 2 heterocycles. The average Bonchev–Trinajstić information content (AvgIpc) is 3.43. The van der Waals surface area contributed by atoms with Gasteiger partial charge in [0.1, 0.15) is 11.3 Å². The van der Waals surface area contributed by atoms with E-state index in [0.29, 0.717) is 22.7 Å². The molecule has 8 heteroatoms. The van der Waals surface area contributed by atoms with Crippen molar-refractivity contribution in [2.75, 3.05) is 10.6 Å². The molecule has 2 aromatic carbocycles. The second-order valence-corrected chi connectivity index (χ2v) is 7.33. The Morgan fingerprint density at radius 3 is 2.59 bits per heavy atom. The fourth-order valence-corrected chi connectivity index (χ4v) is 3.24. The van der Waals surface area contributed by atoms with Crippen LogP contribution in [0.1, 0.15) is 21.9 Å². The van der Waals surface area contributed by atoms with Gasteiger partial charge in [-0.2, -0.15) is 0 Å². The van der Waals surface area contributed by atoms with Crippen LogP contribution < -0.4 is 16.0 Å². The van der Waals surface area contributed by atoms with Gasteiger partial charge in [-0.3, -0.25) is 14.9 Å². The van der Waals surface area contributed by atoms with Gasteiger partial charge in [-0.25, -0.2) is 0 Å². The SMILES string of the molecule is Cc1cc(NC(=S)NC(=O)C=Cc2ccco2)ccc1NC(=O)c1cc2ccccc2o1. The maximum atomic E-state index is 12.6. The standard InChI is InChI=1S/C24H19N3O4S/c1-15-13-17(25-24(32)27-22(28)11-9-18-6-4-12-30-18)8-10-19(15)26-23(29)21-14-16-5-2-3-7-20(16)31-21/h2-14H,1H3,(H,26,29)(H2,25,27,28,32). The van der Waals surface area contributed by atoms with E-state index in [1.807, 2.05) is 37.3 Å². The molecule has 0 radical (unpaired) electrons. The maximum Gasteiger partial charge on any atom is 0.291 e. The Morgan fingerprint density at radius 2 is 1.84 bits per heavy atom. The van der Waals surface area contributed by atoms with Crippen LogP contribution in [0, 0.1) is 6.92 Å². The first-order valence-corrected chi connectivity index (χ1v) is 10.1. The molecule has 0 fully saturated rings. The Labute approximate surface area is 189 Å². The van der Waals surface area contributed by atoms with Crippen LogP contribution in [0.3, 0.4) is 0 Å². The molecule has 0 saturated carbocycles. The molecule has 0 spiro atoms. The number of fused-ring (bicyclic) bond motifs is 1. The van der Waals surface area contributed by atoms with Crippen LogP contribution in [0.5, 0.6) is 0 Å². The third-order valence-electron chi connectivity index (χ3n) is 4.56. The minimum atomic E-state index is -0.384. The first kappa shape index (κ1) is 21.1. The number of amides is 2. The molecule has 0 bridgehead atoms. The van der Waals surface area contributed by atoms with Crippen LogP contribution >= 0.6 is 12.2 Å². The Hall–Kier alpha value is -4.17. The molecule has 160 valence electrons. The summed E-state index contributed by atoms with van der Waals surface area (Å²) < 4.78 is 10.7. The van der Waals surface area contributed by atoms with Crippen molar-refractivity contribution in [3.05, 3.63) is 90.1 Å². The molecule has 0 saturated heterocycles. The Bertz CT molecular complexity index is 1290. The first-order valence-electron chi connectivity index (χ1n) is 9.72. The lowest BCUT2D eigenvalue weighted by Gasteiger charge is -2.12. The lowest BCUT2D eigenvalue weighted by atomic mass is 10.1. The van der Waals surface area contributed by atoms with Crippen molar-refractivity contribution in [2.24, 2.45) is 0 Å². The van der Waals surface area contributed by atoms with Crippen molar-refractivity contribution in [2.45, 2.75) is 6.92 Å². The number of aryl methyl sites for hydroxylation is 1. The highest BCUT2D eigenvalue weighted by Crippen LogP contribution is 2.23. The van der Waals surface area contributed by atoms with Gasteiger partial charge in [0, 0.05) is 22.8 Å². The van der Waals surface area contributed by atoms with Gasteiger partial charge >= 0.3 is 0 Å². The zero-order chi connectivity index (χ0) is 22.5. The van der Waals surface area contributed by atoms with Crippen molar-refractivity contribution in [1.82, 2.24) is 5.32 Å². The number of hydrogen-bond acceptors (Lipinski definition) is 5. The summed E-state index contributed by atoms with van der Waals surface area (Å²) in [7, 11) is 0. The Kier molecular flexibility index (Phi) is 6.14. The molecule has 7 nitrogen and oxygen atoms in total. The number of hydrogen-bond donors (Lipinski definition) is 3. The topological polar surface area (TPSA) is 96.5 Å². The molecule has 2 aromatic heterocycles.